The van der Waals surface area contributed by atoms with E-state index in [1.807, 2.05) is 7.05 Å². The van der Waals surface area contributed by atoms with Crippen LogP contribution in [0.5, 0.6) is 0 Å². The van der Waals surface area contributed by atoms with Gasteiger partial charge in [0.25, 0.3) is 0 Å². The third kappa shape index (κ3) is 2.10. The van der Waals surface area contributed by atoms with E-state index in [9.17, 15) is 0 Å². The van der Waals surface area contributed by atoms with Crippen molar-refractivity contribution in [3.8, 4) is 0 Å². The summed E-state index contributed by atoms with van der Waals surface area (Å²) in [6.45, 7) is 4.34. The molecule has 0 amide bonds. The largest absolute Gasteiger partial charge is 0.271 e. The minimum atomic E-state index is 0.144. The molecule has 0 aliphatic rings. The van der Waals surface area contributed by atoms with Crippen LogP contribution in [0.3, 0.4) is 0 Å². The minimum absolute atomic E-state index is 0.144. The van der Waals surface area contributed by atoms with Crippen LogP contribution in [0, 0.1) is 5.92 Å². The highest BCUT2D eigenvalue weighted by Crippen LogP contribution is 2.25. The van der Waals surface area contributed by atoms with Crippen LogP contribution in [0.4, 0.5) is 0 Å². The van der Waals surface area contributed by atoms with Gasteiger partial charge in [-0.25, -0.2) is 0 Å². The second kappa shape index (κ2) is 5.07. The highest BCUT2D eigenvalue weighted by Gasteiger charge is 2.21. The van der Waals surface area contributed by atoms with Gasteiger partial charge in [-0.1, -0.05) is 31.9 Å². The van der Waals surface area contributed by atoms with Gasteiger partial charge in [0.15, 0.2) is 0 Å². The van der Waals surface area contributed by atoms with E-state index >= 15 is 0 Å². The van der Waals surface area contributed by atoms with E-state index in [1.165, 1.54) is 0 Å². The van der Waals surface area contributed by atoms with Crippen LogP contribution in [-0.4, -0.2) is 15.0 Å². The number of nitrogens with zero attached hydrogens (tertiary/aromatic N) is 3. The maximum atomic E-state index is 5.57. The van der Waals surface area contributed by atoms with Crippen LogP contribution >= 0.6 is 0 Å². The van der Waals surface area contributed by atoms with Gasteiger partial charge >= 0.3 is 0 Å². The summed E-state index contributed by atoms with van der Waals surface area (Å²) in [6, 6.07) is 0.144. The molecule has 80 valence electrons. The molecule has 0 aliphatic heterocycles. The Kier molecular flexibility index (Phi) is 4.03. The first-order chi connectivity index (χ1) is 6.74. The van der Waals surface area contributed by atoms with E-state index in [0.717, 1.165) is 18.5 Å². The molecule has 5 heteroatoms. The summed E-state index contributed by atoms with van der Waals surface area (Å²) in [5.41, 5.74) is 3.89. The fourth-order valence-corrected chi connectivity index (χ4v) is 1.80. The molecule has 1 aromatic heterocycles. The second-order valence-electron chi connectivity index (χ2n) is 3.50. The lowest BCUT2D eigenvalue weighted by atomic mass is 9.92. The molecule has 0 bridgehead atoms. The Labute approximate surface area is 84.6 Å². The van der Waals surface area contributed by atoms with Crippen molar-refractivity contribution in [3.63, 3.8) is 0 Å². The fraction of sp³-hybridized carbons (Fsp3) is 0.778. The fourth-order valence-electron chi connectivity index (χ4n) is 1.80. The van der Waals surface area contributed by atoms with Crippen molar-refractivity contribution in [1.29, 1.82) is 0 Å². The zero-order valence-corrected chi connectivity index (χ0v) is 9.07. The van der Waals surface area contributed by atoms with Crippen LogP contribution in [0.1, 0.15) is 38.4 Å². The zero-order chi connectivity index (χ0) is 10.6. The van der Waals surface area contributed by atoms with Crippen molar-refractivity contribution < 1.29 is 0 Å². The SMILES string of the molecule is CCC(CC)C(NN)c1cnnn1C. The topological polar surface area (TPSA) is 68.8 Å². The van der Waals surface area contributed by atoms with E-state index in [2.05, 4.69) is 29.6 Å². The van der Waals surface area contributed by atoms with Crippen LogP contribution in [0.25, 0.3) is 0 Å². The molecule has 0 saturated carbocycles. The predicted molar refractivity (Wildman–Crippen MR) is 55.1 cm³/mol. The number of hydrazine groups is 1. The molecular formula is C9H19N5. The number of aromatic nitrogens is 3. The Hall–Kier alpha value is -0.940. The van der Waals surface area contributed by atoms with Gasteiger partial charge in [-0.2, -0.15) is 0 Å². The quantitative estimate of drug-likeness (QED) is 0.540. The summed E-state index contributed by atoms with van der Waals surface area (Å²) < 4.78 is 1.77. The molecule has 1 atom stereocenters. The maximum absolute atomic E-state index is 5.57. The molecule has 1 unspecified atom stereocenters. The Morgan fingerprint density at radius 3 is 2.50 bits per heavy atom. The first kappa shape index (κ1) is 11.1. The first-order valence-corrected chi connectivity index (χ1v) is 5.05. The molecule has 0 saturated heterocycles. The average molecular weight is 197 g/mol. The smallest absolute Gasteiger partial charge is 0.0769 e. The number of rotatable bonds is 5. The zero-order valence-electron chi connectivity index (χ0n) is 9.07. The van der Waals surface area contributed by atoms with Crippen LogP contribution in [0.15, 0.2) is 6.20 Å². The molecule has 0 aliphatic carbocycles. The maximum Gasteiger partial charge on any atom is 0.0769 e. The second-order valence-corrected chi connectivity index (χ2v) is 3.50. The highest BCUT2D eigenvalue weighted by atomic mass is 15.4. The van der Waals surface area contributed by atoms with Gasteiger partial charge in [0, 0.05) is 7.05 Å². The van der Waals surface area contributed by atoms with Gasteiger partial charge in [0.2, 0.25) is 0 Å². The summed E-state index contributed by atoms with van der Waals surface area (Å²) in [5, 5.41) is 7.77. The van der Waals surface area contributed by atoms with Crippen molar-refractivity contribution >= 4 is 0 Å². The lowest BCUT2D eigenvalue weighted by molar-refractivity contribution is 0.330. The molecule has 0 radical (unpaired) electrons. The highest BCUT2D eigenvalue weighted by molar-refractivity contribution is 5.03. The van der Waals surface area contributed by atoms with Crippen LogP contribution in [-0.2, 0) is 7.05 Å². The summed E-state index contributed by atoms with van der Waals surface area (Å²) in [6.07, 6.45) is 3.95. The molecule has 1 heterocycles. The molecule has 1 aromatic rings. The van der Waals surface area contributed by atoms with E-state index in [0.29, 0.717) is 5.92 Å². The van der Waals surface area contributed by atoms with E-state index < -0.39 is 0 Å². The molecule has 5 nitrogen and oxygen atoms in total. The predicted octanol–water partition coefficient (Wildman–Crippen LogP) is 0.756. The normalized spacial score (nSPS) is 13.5. The van der Waals surface area contributed by atoms with Crippen molar-refractivity contribution in [3.05, 3.63) is 11.9 Å². The number of hydrogen-bond acceptors (Lipinski definition) is 4. The van der Waals surface area contributed by atoms with Gasteiger partial charge in [-0.3, -0.25) is 16.0 Å². The van der Waals surface area contributed by atoms with E-state index in [1.54, 1.807) is 10.9 Å². The van der Waals surface area contributed by atoms with Gasteiger partial charge in [0.1, 0.15) is 0 Å². The van der Waals surface area contributed by atoms with Gasteiger partial charge in [-0.15, -0.1) is 5.10 Å². The minimum Gasteiger partial charge on any atom is -0.271 e. The third-order valence-corrected chi connectivity index (χ3v) is 2.77. The van der Waals surface area contributed by atoms with Gasteiger partial charge < -0.3 is 0 Å². The van der Waals surface area contributed by atoms with Gasteiger partial charge in [-0.05, 0) is 5.92 Å². The average Bonchev–Trinajstić information content (AvgIpc) is 2.61. The standard InChI is InChI=1S/C9H19N5/c1-4-7(5-2)9(12-10)8-6-11-13-14(8)3/h6-7,9,12H,4-5,10H2,1-3H3. The van der Waals surface area contributed by atoms with E-state index in [4.69, 9.17) is 5.84 Å². The Morgan fingerprint density at radius 1 is 1.50 bits per heavy atom. The van der Waals surface area contributed by atoms with Crippen molar-refractivity contribution in [2.45, 2.75) is 32.7 Å². The molecule has 0 fully saturated rings. The third-order valence-electron chi connectivity index (χ3n) is 2.77. The van der Waals surface area contributed by atoms with E-state index in [-0.39, 0.29) is 6.04 Å². The van der Waals surface area contributed by atoms with Crippen molar-refractivity contribution in [2.75, 3.05) is 0 Å². The number of hydrogen-bond donors (Lipinski definition) is 2. The molecule has 0 aromatic carbocycles. The monoisotopic (exact) mass is 197 g/mol. The summed E-state index contributed by atoms with van der Waals surface area (Å²) in [5.74, 6) is 6.09. The molecule has 1 rings (SSSR count). The van der Waals surface area contributed by atoms with Crippen molar-refractivity contribution in [2.24, 2.45) is 18.8 Å². The molecular weight excluding hydrogens is 178 g/mol. The summed E-state index contributed by atoms with van der Waals surface area (Å²) >= 11 is 0. The van der Waals surface area contributed by atoms with Crippen LogP contribution < -0.4 is 11.3 Å². The molecule has 3 N–H and O–H groups in total. The summed E-state index contributed by atoms with van der Waals surface area (Å²) in [4.78, 5) is 0. The lowest BCUT2D eigenvalue weighted by Crippen LogP contribution is -2.34. The number of nitrogens with two attached hydrogens (primary N) is 1. The number of nitrogens with one attached hydrogen (secondary N) is 1. The van der Waals surface area contributed by atoms with Crippen LogP contribution in [0.2, 0.25) is 0 Å². The van der Waals surface area contributed by atoms with Crippen molar-refractivity contribution in [1.82, 2.24) is 20.4 Å². The Morgan fingerprint density at radius 2 is 2.14 bits per heavy atom. The molecule has 14 heavy (non-hydrogen) atoms. The number of aryl methyl sites for hydroxylation is 1. The first-order valence-electron chi connectivity index (χ1n) is 5.05. The Balaban J connectivity index is 2.86. The Bertz CT molecular complexity index is 266. The summed E-state index contributed by atoms with van der Waals surface area (Å²) in [7, 11) is 1.88. The van der Waals surface area contributed by atoms with Gasteiger partial charge in [0.05, 0.1) is 17.9 Å². The lowest BCUT2D eigenvalue weighted by Gasteiger charge is -2.23. The molecule has 0 spiro atoms.